The lowest BCUT2D eigenvalue weighted by atomic mass is 9.43. The van der Waals surface area contributed by atoms with Crippen LogP contribution in [0, 0.1) is 51.2 Å². The smallest absolute Gasteiger partial charge is 0.330 e. The topological polar surface area (TPSA) is 230 Å². The minimum absolute atomic E-state index is 0.00196. The van der Waals surface area contributed by atoms with Gasteiger partial charge in [0.2, 0.25) is 0 Å². The molecular weight excluding hydrogens is 728 g/mol. The summed E-state index contributed by atoms with van der Waals surface area (Å²) in [5, 5.41) is 75.2. The number of aliphatic hydroxyl groups excluding tert-OH is 5. The maximum atomic E-state index is 13.7. The second-order valence-corrected chi connectivity index (χ2v) is 19.3. The number of rotatable bonds is 14. The van der Waals surface area contributed by atoms with E-state index in [0.717, 1.165) is 57.4 Å². The predicted molar refractivity (Wildman–Crippen MR) is 199 cm³/mol. The van der Waals surface area contributed by atoms with Crippen molar-refractivity contribution in [3.63, 3.8) is 0 Å². The highest BCUT2D eigenvalue weighted by Crippen LogP contribution is 2.88. The van der Waals surface area contributed by atoms with Crippen molar-refractivity contribution >= 4 is 17.7 Å². The van der Waals surface area contributed by atoms with Gasteiger partial charge in [-0.2, -0.15) is 0 Å². The lowest BCUT2D eigenvalue weighted by Gasteiger charge is -2.62. The minimum atomic E-state index is -1.83. The van der Waals surface area contributed by atoms with E-state index in [9.17, 15) is 50.1 Å². The SMILES string of the molecule is COC(=O)C/C=C/C(=O)OC[C@H]1O[C@@H](OC[C@@H]2C(=O)CC[C@]34C[C@]35CC[C@]3(C)[C@@H]([C@H](C)C(O)CC(O)(CO)C(C)(C)O)CC[C@@]3(C)[C@@H]5CC[C@@H]24)[C@H](O)[C@@H](O)[C@@H]1O. The molecule has 0 aromatic carbocycles. The summed E-state index contributed by atoms with van der Waals surface area (Å²) >= 11 is 0. The molecule has 1 heterocycles. The molecule has 6 fully saturated rings. The van der Waals surface area contributed by atoms with E-state index in [1.54, 1.807) is 0 Å². The minimum Gasteiger partial charge on any atom is -0.469 e. The number of Topliss-reactive ketones (excluding diaryl/α,β-unsaturated/α-hetero) is 1. The fourth-order valence-corrected chi connectivity index (χ4v) is 13.0. The number of hydrogen-bond acceptors (Lipinski definition) is 14. The quantitative estimate of drug-likeness (QED) is 0.0986. The summed E-state index contributed by atoms with van der Waals surface area (Å²) in [7, 11) is 1.23. The first-order valence-electron chi connectivity index (χ1n) is 20.6. The molecule has 14 heteroatoms. The van der Waals surface area contributed by atoms with Gasteiger partial charge in [-0.15, -0.1) is 0 Å². The van der Waals surface area contributed by atoms with Crippen molar-refractivity contribution < 1.29 is 69.1 Å². The van der Waals surface area contributed by atoms with Gasteiger partial charge in [0.15, 0.2) is 6.29 Å². The summed E-state index contributed by atoms with van der Waals surface area (Å²) in [6, 6.07) is 0. The second-order valence-electron chi connectivity index (χ2n) is 19.3. The Morgan fingerprint density at radius 3 is 2.34 bits per heavy atom. The number of esters is 2. The fraction of sp³-hybridized carbons (Fsp3) is 0.881. The molecule has 2 spiro atoms. The van der Waals surface area contributed by atoms with Crippen LogP contribution in [0.5, 0.6) is 0 Å². The number of ketones is 1. The largest absolute Gasteiger partial charge is 0.469 e. The molecule has 56 heavy (non-hydrogen) atoms. The lowest BCUT2D eigenvalue weighted by molar-refractivity contribution is -0.304. The number of ether oxygens (including phenoxy) is 4. The Kier molecular flexibility index (Phi) is 12.1. The maximum absolute atomic E-state index is 13.7. The zero-order valence-corrected chi connectivity index (χ0v) is 33.9. The van der Waals surface area contributed by atoms with Crippen LogP contribution < -0.4 is 0 Å². The molecule has 7 N–H and O–H groups in total. The van der Waals surface area contributed by atoms with E-state index in [1.807, 2.05) is 6.92 Å². The molecule has 0 aromatic rings. The molecule has 6 rings (SSSR count). The van der Waals surface area contributed by atoms with Crippen LogP contribution in [0.25, 0.3) is 0 Å². The van der Waals surface area contributed by atoms with Crippen molar-refractivity contribution in [3.05, 3.63) is 12.2 Å². The number of methoxy groups -OCH3 is 1. The van der Waals surface area contributed by atoms with E-state index in [2.05, 4.69) is 18.6 Å². The van der Waals surface area contributed by atoms with Crippen molar-refractivity contribution in [2.24, 2.45) is 51.2 Å². The van der Waals surface area contributed by atoms with Crippen molar-refractivity contribution in [2.75, 3.05) is 26.9 Å². The molecule has 1 saturated heterocycles. The summed E-state index contributed by atoms with van der Waals surface area (Å²) in [6.45, 7) is 8.64. The Morgan fingerprint density at radius 2 is 1.68 bits per heavy atom. The van der Waals surface area contributed by atoms with E-state index >= 15 is 0 Å². The van der Waals surface area contributed by atoms with Crippen LogP contribution >= 0.6 is 0 Å². The molecule has 318 valence electrons. The summed E-state index contributed by atoms with van der Waals surface area (Å²) in [5.74, 6) is -1.08. The third-order valence-electron chi connectivity index (χ3n) is 16.8. The van der Waals surface area contributed by atoms with Gasteiger partial charge < -0.3 is 54.7 Å². The molecule has 14 nitrogen and oxygen atoms in total. The van der Waals surface area contributed by atoms with E-state index in [0.29, 0.717) is 12.3 Å². The molecule has 0 bridgehead atoms. The molecular formula is C42H66O14. The van der Waals surface area contributed by atoms with Gasteiger partial charge in [0.1, 0.15) is 42.4 Å². The zero-order chi connectivity index (χ0) is 41.2. The standard InChI is InChI=1S/C42H66O14/c1-23(28(45)18-42(52,22-43)37(2,3)51)25-12-14-39(5)30-11-10-26-24(27(44)13-15-40(26)21-41(30,40)17-16-38(25,39)4)19-55-36-35(50)34(49)33(48)29(56-36)20-54-32(47)9-7-8-31(46)53-6/h7,9,23-26,28-30,33-36,43,45,48-52H,8,10-22H2,1-6H3/b9-7+/t23-,24-,25+,26-,28?,29+,30-,33+,34-,35+,36+,38+,39-,40+,41-,42?/m0/s1. The molecule has 0 aromatic heterocycles. The van der Waals surface area contributed by atoms with Crippen LogP contribution in [0.3, 0.4) is 0 Å². The number of aliphatic hydroxyl groups is 7. The summed E-state index contributed by atoms with van der Waals surface area (Å²) in [5.41, 5.74) is -3.39. The first-order valence-corrected chi connectivity index (χ1v) is 20.6. The Hall–Kier alpha value is -2.01. The van der Waals surface area contributed by atoms with Crippen LogP contribution in [-0.4, -0.2) is 128 Å². The molecule has 0 amide bonds. The summed E-state index contributed by atoms with van der Waals surface area (Å²) < 4.78 is 21.6. The fourth-order valence-electron chi connectivity index (χ4n) is 13.0. The third kappa shape index (κ3) is 7.00. The molecule has 5 saturated carbocycles. The van der Waals surface area contributed by atoms with Crippen molar-refractivity contribution in [2.45, 2.75) is 153 Å². The molecule has 6 aliphatic rings. The molecule has 0 radical (unpaired) electrons. The van der Waals surface area contributed by atoms with E-state index in [1.165, 1.54) is 27.0 Å². The van der Waals surface area contributed by atoms with Gasteiger partial charge in [0.25, 0.3) is 0 Å². The van der Waals surface area contributed by atoms with E-state index in [-0.39, 0.29) is 64.6 Å². The number of carbonyl (C=O) groups is 3. The van der Waals surface area contributed by atoms with Gasteiger partial charge >= 0.3 is 11.9 Å². The van der Waals surface area contributed by atoms with Gasteiger partial charge in [-0.05, 0) is 111 Å². The Bertz CT molecular complexity index is 1510. The van der Waals surface area contributed by atoms with Crippen molar-refractivity contribution in [1.29, 1.82) is 0 Å². The van der Waals surface area contributed by atoms with Crippen molar-refractivity contribution in [1.82, 2.24) is 0 Å². The first kappa shape index (κ1) is 43.6. The van der Waals surface area contributed by atoms with Crippen LogP contribution in [-0.2, 0) is 33.3 Å². The highest BCUT2D eigenvalue weighted by Gasteiger charge is 2.81. The average molecular weight is 795 g/mol. The predicted octanol–water partition coefficient (Wildman–Crippen LogP) is 1.95. The molecule has 16 atom stereocenters. The lowest BCUT2D eigenvalue weighted by Crippen LogP contribution is -2.60. The first-order chi connectivity index (χ1) is 26.1. The van der Waals surface area contributed by atoms with Gasteiger partial charge in [0.05, 0.1) is 38.4 Å². The third-order valence-corrected chi connectivity index (χ3v) is 16.8. The highest BCUT2D eigenvalue weighted by molar-refractivity contribution is 5.83. The van der Waals surface area contributed by atoms with Crippen molar-refractivity contribution in [3.8, 4) is 0 Å². The normalized spacial score (nSPS) is 44.1. The van der Waals surface area contributed by atoms with Crippen LogP contribution in [0.2, 0.25) is 0 Å². The van der Waals surface area contributed by atoms with E-state index < -0.39 is 79.1 Å². The maximum Gasteiger partial charge on any atom is 0.330 e. The second kappa shape index (κ2) is 15.5. The summed E-state index contributed by atoms with van der Waals surface area (Å²) in [6.07, 6.45) is 1.84. The Labute approximate surface area is 329 Å². The number of hydrogen-bond donors (Lipinski definition) is 7. The number of carbonyl (C=O) groups excluding carboxylic acids is 3. The van der Waals surface area contributed by atoms with Gasteiger partial charge in [0, 0.05) is 24.8 Å². The van der Waals surface area contributed by atoms with Crippen LogP contribution in [0.4, 0.5) is 0 Å². The number of fused-ring (bicyclic) bond motifs is 2. The zero-order valence-electron chi connectivity index (χ0n) is 33.9. The summed E-state index contributed by atoms with van der Waals surface area (Å²) in [4.78, 5) is 37.1. The molecule has 5 aliphatic carbocycles. The van der Waals surface area contributed by atoms with Crippen LogP contribution in [0.15, 0.2) is 12.2 Å². The average Bonchev–Trinajstić information content (AvgIpc) is 3.74. The van der Waals surface area contributed by atoms with Gasteiger partial charge in [-0.1, -0.05) is 26.8 Å². The van der Waals surface area contributed by atoms with E-state index in [4.69, 9.17) is 14.2 Å². The highest BCUT2D eigenvalue weighted by atomic mass is 16.7. The van der Waals surface area contributed by atoms with Gasteiger partial charge in [-0.3, -0.25) is 9.59 Å². The molecule has 1 aliphatic heterocycles. The van der Waals surface area contributed by atoms with Crippen LogP contribution in [0.1, 0.15) is 105 Å². The Balaban J connectivity index is 1.11. The van der Waals surface area contributed by atoms with Gasteiger partial charge in [-0.25, -0.2) is 4.79 Å². The Morgan fingerprint density at radius 1 is 0.964 bits per heavy atom. The monoisotopic (exact) mass is 794 g/mol. The molecule has 2 unspecified atom stereocenters.